The molecule has 2 aliphatic carbocycles. The highest BCUT2D eigenvalue weighted by Crippen LogP contribution is 2.45. The van der Waals surface area contributed by atoms with E-state index in [1.165, 1.54) is 37.8 Å². The van der Waals surface area contributed by atoms with E-state index in [4.69, 9.17) is 9.47 Å². The summed E-state index contributed by atoms with van der Waals surface area (Å²) in [5.41, 5.74) is 1.39. The van der Waals surface area contributed by atoms with E-state index in [0.717, 1.165) is 17.7 Å². The van der Waals surface area contributed by atoms with Gasteiger partial charge in [-0.25, -0.2) is 0 Å². The summed E-state index contributed by atoms with van der Waals surface area (Å²) >= 11 is 0. The lowest BCUT2D eigenvalue weighted by Gasteiger charge is -2.38. The summed E-state index contributed by atoms with van der Waals surface area (Å²) < 4.78 is 10.9. The number of methoxy groups -OCH3 is 1. The van der Waals surface area contributed by atoms with Crippen molar-refractivity contribution in [2.45, 2.75) is 37.6 Å². The SMILES string of the molecule is COCCOc1ccccc1C1CCC1CNC1CC1. The first kappa shape index (κ1) is 13.9. The molecule has 1 aromatic rings. The summed E-state index contributed by atoms with van der Waals surface area (Å²) in [4.78, 5) is 0. The van der Waals surface area contributed by atoms with E-state index in [2.05, 4.69) is 29.6 Å². The van der Waals surface area contributed by atoms with E-state index in [1.54, 1.807) is 7.11 Å². The summed E-state index contributed by atoms with van der Waals surface area (Å²) in [5.74, 6) is 2.49. The zero-order chi connectivity index (χ0) is 13.8. The maximum atomic E-state index is 5.88. The van der Waals surface area contributed by atoms with Crippen LogP contribution in [-0.4, -0.2) is 32.9 Å². The average molecular weight is 275 g/mol. The lowest BCUT2D eigenvalue weighted by molar-refractivity contribution is 0.143. The maximum absolute atomic E-state index is 5.88. The first-order valence-electron chi connectivity index (χ1n) is 7.82. The standard InChI is InChI=1S/C17H25NO2/c1-19-10-11-20-17-5-3-2-4-16(17)15-9-6-13(15)12-18-14-7-8-14/h2-5,13-15,18H,6-12H2,1H3. The molecule has 3 nitrogen and oxygen atoms in total. The summed E-state index contributed by atoms with van der Waals surface area (Å²) in [6.45, 7) is 2.44. The van der Waals surface area contributed by atoms with E-state index in [9.17, 15) is 0 Å². The average Bonchev–Trinajstić information content (AvgIpc) is 3.24. The summed E-state index contributed by atoms with van der Waals surface area (Å²) in [6.07, 6.45) is 5.38. The molecule has 0 saturated heterocycles. The maximum Gasteiger partial charge on any atom is 0.122 e. The zero-order valence-corrected chi connectivity index (χ0v) is 12.3. The van der Waals surface area contributed by atoms with Crippen molar-refractivity contribution in [1.29, 1.82) is 0 Å². The number of nitrogens with one attached hydrogen (secondary N) is 1. The third-order valence-corrected chi connectivity index (χ3v) is 4.53. The van der Waals surface area contributed by atoms with Crippen LogP contribution in [0.15, 0.2) is 24.3 Å². The van der Waals surface area contributed by atoms with Gasteiger partial charge in [0.1, 0.15) is 12.4 Å². The quantitative estimate of drug-likeness (QED) is 0.740. The minimum atomic E-state index is 0.630. The molecule has 3 rings (SSSR count). The molecule has 1 N–H and O–H groups in total. The van der Waals surface area contributed by atoms with E-state index >= 15 is 0 Å². The third-order valence-electron chi connectivity index (χ3n) is 4.53. The molecule has 0 radical (unpaired) electrons. The molecule has 2 fully saturated rings. The Balaban J connectivity index is 1.59. The third kappa shape index (κ3) is 3.33. The van der Waals surface area contributed by atoms with Gasteiger partial charge < -0.3 is 14.8 Å². The highest BCUT2D eigenvalue weighted by molar-refractivity contribution is 5.38. The minimum absolute atomic E-state index is 0.630. The Hall–Kier alpha value is -1.06. The van der Waals surface area contributed by atoms with Gasteiger partial charge in [-0.05, 0) is 55.7 Å². The Morgan fingerprint density at radius 2 is 1.95 bits per heavy atom. The number of rotatable bonds is 8. The fraction of sp³-hybridized carbons (Fsp3) is 0.647. The van der Waals surface area contributed by atoms with E-state index in [-0.39, 0.29) is 0 Å². The first-order valence-corrected chi connectivity index (χ1v) is 7.82. The number of benzene rings is 1. The van der Waals surface area contributed by atoms with Crippen LogP contribution in [-0.2, 0) is 4.74 Å². The molecule has 2 saturated carbocycles. The van der Waals surface area contributed by atoms with E-state index in [1.807, 2.05) is 0 Å². The van der Waals surface area contributed by atoms with Gasteiger partial charge in [-0.3, -0.25) is 0 Å². The summed E-state index contributed by atoms with van der Waals surface area (Å²) in [6, 6.07) is 9.32. The second kappa shape index (κ2) is 6.59. The Bertz CT molecular complexity index is 431. The van der Waals surface area contributed by atoms with Gasteiger partial charge in [0, 0.05) is 13.2 Å². The molecule has 0 spiro atoms. The largest absolute Gasteiger partial charge is 0.491 e. The number of hydrogen-bond acceptors (Lipinski definition) is 3. The monoisotopic (exact) mass is 275 g/mol. The van der Waals surface area contributed by atoms with Gasteiger partial charge in [0.25, 0.3) is 0 Å². The van der Waals surface area contributed by atoms with Gasteiger partial charge in [-0.2, -0.15) is 0 Å². The number of ether oxygens (including phenoxy) is 2. The van der Waals surface area contributed by atoms with Gasteiger partial charge in [0.2, 0.25) is 0 Å². The molecule has 110 valence electrons. The van der Waals surface area contributed by atoms with Crippen LogP contribution >= 0.6 is 0 Å². The molecular formula is C17H25NO2. The lowest BCUT2D eigenvalue weighted by Crippen LogP contribution is -2.35. The van der Waals surface area contributed by atoms with Crippen LogP contribution in [0.1, 0.15) is 37.2 Å². The lowest BCUT2D eigenvalue weighted by atomic mass is 9.69. The highest BCUT2D eigenvalue weighted by Gasteiger charge is 2.34. The van der Waals surface area contributed by atoms with Crippen molar-refractivity contribution in [3.8, 4) is 5.75 Å². The smallest absolute Gasteiger partial charge is 0.122 e. The molecule has 0 aliphatic heterocycles. The summed E-state index contributed by atoms with van der Waals surface area (Å²) in [7, 11) is 1.71. The van der Waals surface area contributed by atoms with Crippen molar-refractivity contribution in [3.63, 3.8) is 0 Å². The fourth-order valence-electron chi connectivity index (χ4n) is 2.98. The van der Waals surface area contributed by atoms with Gasteiger partial charge in [0.15, 0.2) is 0 Å². The van der Waals surface area contributed by atoms with Crippen molar-refractivity contribution in [3.05, 3.63) is 29.8 Å². The molecule has 0 bridgehead atoms. The van der Waals surface area contributed by atoms with Crippen LogP contribution in [0.5, 0.6) is 5.75 Å². The van der Waals surface area contributed by atoms with Crippen molar-refractivity contribution >= 4 is 0 Å². The highest BCUT2D eigenvalue weighted by atomic mass is 16.5. The second-order valence-corrected chi connectivity index (χ2v) is 6.01. The van der Waals surface area contributed by atoms with Crippen molar-refractivity contribution in [2.75, 3.05) is 26.9 Å². The number of para-hydroxylation sites is 1. The molecule has 0 aromatic heterocycles. The molecule has 1 aromatic carbocycles. The van der Waals surface area contributed by atoms with Gasteiger partial charge in [-0.15, -0.1) is 0 Å². The van der Waals surface area contributed by atoms with Crippen LogP contribution in [0.3, 0.4) is 0 Å². The Labute approximate surface area is 121 Å². The van der Waals surface area contributed by atoms with Crippen LogP contribution in [0.25, 0.3) is 0 Å². The minimum Gasteiger partial charge on any atom is -0.491 e. The van der Waals surface area contributed by atoms with Gasteiger partial charge >= 0.3 is 0 Å². The predicted molar refractivity (Wildman–Crippen MR) is 80.3 cm³/mol. The molecular weight excluding hydrogens is 250 g/mol. The topological polar surface area (TPSA) is 30.5 Å². The predicted octanol–water partition coefficient (Wildman–Crippen LogP) is 2.96. The zero-order valence-electron chi connectivity index (χ0n) is 12.3. The molecule has 2 aliphatic rings. The fourth-order valence-corrected chi connectivity index (χ4v) is 2.98. The second-order valence-electron chi connectivity index (χ2n) is 6.01. The molecule has 0 heterocycles. The molecule has 2 unspecified atom stereocenters. The van der Waals surface area contributed by atoms with Crippen molar-refractivity contribution in [1.82, 2.24) is 5.32 Å². The Morgan fingerprint density at radius 1 is 1.10 bits per heavy atom. The van der Waals surface area contributed by atoms with Gasteiger partial charge in [0.05, 0.1) is 6.61 Å². The van der Waals surface area contributed by atoms with Crippen LogP contribution in [0.2, 0.25) is 0 Å². The van der Waals surface area contributed by atoms with Crippen molar-refractivity contribution in [2.24, 2.45) is 5.92 Å². The molecule has 0 amide bonds. The molecule has 2 atom stereocenters. The van der Waals surface area contributed by atoms with Crippen molar-refractivity contribution < 1.29 is 9.47 Å². The normalized spacial score (nSPS) is 25.2. The van der Waals surface area contributed by atoms with E-state index in [0.29, 0.717) is 19.1 Å². The van der Waals surface area contributed by atoms with E-state index < -0.39 is 0 Å². The molecule has 3 heteroatoms. The first-order chi connectivity index (χ1) is 9.88. The molecule has 20 heavy (non-hydrogen) atoms. The number of hydrogen-bond donors (Lipinski definition) is 1. The van der Waals surface area contributed by atoms with Crippen LogP contribution in [0, 0.1) is 5.92 Å². The Morgan fingerprint density at radius 3 is 2.65 bits per heavy atom. The van der Waals surface area contributed by atoms with Crippen LogP contribution in [0.4, 0.5) is 0 Å². The van der Waals surface area contributed by atoms with Gasteiger partial charge in [-0.1, -0.05) is 18.2 Å². The van der Waals surface area contributed by atoms with Crippen LogP contribution < -0.4 is 10.1 Å². The Kier molecular flexibility index (Phi) is 4.58. The summed E-state index contributed by atoms with van der Waals surface area (Å²) in [5, 5.41) is 3.67.